The Balaban J connectivity index is 1.66. The van der Waals surface area contributed by atoms with Gasteiger partial charge in [-0.2, -0.15) is 0 Å². The van der Waals surface area contributed by atoms with E-state index < -0.39 is 0 Å². The second-order valence-electron chi connectivity index (χ2n) is 5.45. The van der Waals surface area contributed by atoms with Gasteiger partial charge in [-0.3, -0.25) is 0 Å². The second kappa shape index (κ2) is 7.08. The van der Waals surface area contributed by atoms with Gasteiger partial charge in [-0.15, -0.1) is 0 Å². The molecule has 1 heterocycles. The number of rotatable bonds is 9. The summed E-state index contributed by atoms with van der Waals surface area (Å²) in [6.45, 7) is 8.71. The molecular weight excluding hydrogens is 242 g/mol. The van der Waals surface area contributed by atoms with Crippen LogP contribution in [0.25, 0.3) is 0 Å². The first-order chi connectivity index (χ1) is 9.15. The fourth-order valence-corrected chi connectivity index (χ4v) is 1.88. The lowest BCUT2D eigenvalue weighted by Gasteiger charge is -2.07. The average Bonchev–Trinajstić information content (AvgIpc) is 3.11. The molecule has 19 heavy (non-hydrogen) atoms. The highest BCUT2D eigenvalue weighted by Crippen LogP contribution is 2.21. The van der Waals surface area contributed by atoms with Crippen LogP contribution in [-0.2, 0) is 22.6 Å². The van der Waals surface area contributed by atoms with Gasteiger partial charge in [0.25, 0.3) is 0 Å². The molecule has 0 unspecified atom stereocenters. The summed E-state index contributed by atoms with van der Waals surface area (Å²) < 4.78 is 16.7. The van der Waals surface area contributed by atoms with E-state index in [1.807, 2.05) is 13.8 Å². The molecule has 0 aromatic carbocycles. The monoisotopic (exact) mass is 267 g/mol. The maximum absolute atomic E-state index is 5.79. The Kier molecular flexibility index (Phi) is 5.43. The van der Waals surface area contributed by atoms with Gasteiger partial charge >= 0.3 is 0 Å². The van der Waals surface area contributed by atoms with Crippen LogP contribution in [0, 0.1) is 6.92 Å². The van der Waals surface area contributed by atoms with Gasteiger partial charge in [0.15, 0.2) is 0 Å². The molecule has 1 saturated carbocycles. The van der Waals surface area contributed by atoms with Crippen molar-refractivity contribution in [1.29, 1.82) is 0 Å². The third kappa shape index (κ3) is 5.35. The van der Waals surface area contributed by atoms with Crippen molar-refractivity contribution < 1.29 is 13.9 Å². The number of aryl methyl sites for hydroxylation is 1. The standard InChI is InChI=1S/C15H25NO3/c1-11(2)18-7-6-17-10-14-8-12(3)15(19-14)9-16-13-4-5-13/h8,11,13,16H,4-7,9-10H2,1-3H3. The predicted molar refractivity (Wildman–Crippen MR) is 74.1 cm³/mol. The number of hydrogen-bond acceptors (Lipinski definition) is 4. The molecule has 4 nitrogen and oxygen atoms in total. The minimum absolute atomic E-state index is 0.259. The lowest BCUT2D eigenvalue weighted by atomic mass is 10.2. The highest BCUT2D eigenvalue weighted by Gasteiger charge is 2.21. The first-order valence-electron chi connectivity index (χ1n) is 7.16. The third-order valence-electron chi connectivity index (χ3n) is 3.12. The van der Waals surface area contributed by atoms with E-state index in [4.69, 9.17) is 13.9 Å². The van der Waals surface area contributed by atoms with Crippen LogP contribution in [0.2, 0.25) is 0 Å². The van der Waals surface area contributed by atoms with Crippen molar-refractivity contribution in [1.82, 2.24) is 5.32 Å². The predicted octanol–water partition coefficient (Wildman–Crippen LogP) is 2.78. The maximum atomic E-state index is 5.79. The van der Waals surface area contributed by atoms with E-state index >= 15 is 0 Å². The summed E-state index contributed by atoms with van der Waals surface area (Å²) in [7, 11) is 0. The highest BCUT2D eigenvalue weighted by molar-refractivity contribution is 5.19. The molecule has 2 rings (SSSR count). The van der Waals surface area contributed by atoms with Crippen LogP contribution >= 0.6 is 0 Å². The summed E-state index contributed by atoms with van der Waals surface area (Å²) in [4.78, 5) is 0. The SMILES string of the molecule is Cc1cc(COCCOC(C)C)oc1CNC1CC1. The quantitative estimate of drug-likeness (QED) is 0.699. The van der Waals surface area contributed by atoms with Crippen LogP contribution in [0.15, 0.2) is 10.5 Å². The summed E-state index contributed by atoms with van der Waals surface area (Å²) in [5, 5.41) is 3.46. The summed E-state index contributed by atoms with van der Waals surface area (Å²) in [6.07, 6.45) is 2.85. The molecule has 1 N–H and O–H groups in total. The van der Waals surface area contributed by atoms with E-state index in [2.05, 4.69) is 18.3 Å². The van der Waals surface area contributed by atoms with Gasteiger partial charge in [0.05, 0.1) is 25.9 Å². The fourth-order valence-electron chi connectivity index (χ4n) is 1.88. The van der Waals surface area contributed by atoms with E-state index in [0.717, 1.165) is 18.1 Å². The van der Waals surface area contributed by atoms with E-state index in [-0.39, 0.29) is 6.10 Å². The van der Waals surface area contributed by atoms with E-state index in [9.17, 15) is 0 Å². The molecule has 1 aromatic rings. The lowest BCUT2D eigenvalue weighted by Crippen LogP contribution is -2.15. The molecule has 1 aliphatic rings. The number of ether oxygens (including phenoxy) is 2. The number of hydrogen-bond donors (Lipinski definition) is 1. The summed E-state index contributed by atoms with van der Waals surface area (Å²) >= 11 is 0. The minimum Gasteiger partial charge on any atom is -0.462 e. The van der Waals surface area contributed by atoms with Crippen LogP contribution in [0.1, 0.15) is 43.8 Å². The zero-order chi connectivity index (χ0) is 13.7. The Labute approximate surface area is 115 Å². The van der Waals surface area contributed by atoms with E-state index in [0.29, 0.717) is 25.9 Å². The topological polar surface area (TPSA) is 43.6 Å². The molecule has 0 aliphatic heterocycles. The van der Waals surface area contributed by atoms with Gasteiger partial charge in [0, 0.05) is 6.04 Å². The summed E-state index contributed by atoms with van der Waals surface area (Å²) in [5.74, 6) is 1.93. The van der Waals surface area contributed by atoms with Crippen molar-refractivity contribution in [3.63, 3.8) is 0 Å². The molecule has 1 aromatic heterocycles. The largest absolute Gasteiger partial charge is 0.462 e. The van der Waals surface area contributed by atoms with Crippen molar-refractivity contribution in [3.8, 4) is 0 Å². The van der Waals surface area contributed by atoms with Crippen LogP contribution in [0.4, 0.5) is 0 Å². The average molecular weight is 267 g/mol. The van der Waals surface area contributed by atoms with Gasteiger partial charge in [-0.1, -0.05) is 0 Å². The molecule has 0 atom stereocenters. The third-order valence-corrected chi connectivity index (χ3v) is 3.12. The Morgan fingerprint density at radius 2 is 2.16 bits per heavy atom. The molecule has 0 radical (unpaired) electrons. The molecule has 0 bridgehead atoms. The summed E-state index contributed by atoms with van der Waals surface area (Å²) in [6, 6.07) is 2.77. The van der Waals surface area contributed by atoms with Gasteiger partial charge in [-0.05, 0) is 45.2 Å². The van der Waals surface area contributed by atoms with Gasteiger partial charge in [0.1, 0.15) is 18.1 Å². The number of nitrogens with one attached hydrogen (secondary N) is 1. The summed E-state index contributed by atoms with van der Waals surface area (Å²) in [5.41, 5.74) is 1.20. The van der Waals surface area contributed by atoms with Gasteiger partial charge in [-0.25, -0.2) is 0 Å². The van der Waals surface area contributed by atoms with Crippen molar-refractivity contribution in [2.24, 2.45) is 0 Å². The van der Waals surface area contributed by atoms with Crippen LogP contribution < -0.4 is 5.32 Å². The molecule has 0 spiro atoms. The fraction of sp³-hybridized carbons (Fsp3) is 0.733. The Morgan fingerprint density at radius 1 is 1.37 bits per heavy atom. The lowest BCUT2D eigenvalue weighted by molar-refractivity contribution is 0.0101. The number of furan rings is 1. The first kappa shape index (κ1) is 14.6. The zero-order valence-corrected chi connectivity index (χ0v) is 12.2. The van der Waals surface area contributed by atoms with Gasteiger partial charge in [0.2, 0.25) is 0 Å². The molecular formula is C15H25NO3. The Hall–Kier alpha value is -0.840. The van der Waals surface area contributed by atoms with Crippen molar-refractivity contribution in [3.05, 3.63) is 23.2 Å². The first-order valence-corrected chi connectivity index (χ1v) is 7.16. The molecule has 0 saturated heterocycles. The molecule has 1 aliphatic carbocycles. The Morgan fingerprint density at radius 3 is 2.84 bits per heavy atom. The van der Waals surface area contributed by atoms with Crippen LogP contribution in [-0.4, -0.2) is 25.4 Å². The van der Waals surface area contributed by atoms with Crippen molar-refractivity contribution in [2.75, 3.05) is 13.2 Å². The highest BCUT2D eigenvalue weighted by atomic mass is 16.5. The molecule has 4 heteroatoms. The van der Waals surface area contributed by atoms with Gasteiger partial charge < -0.3 is 19.2 Å². The van der Waals surface area contributed by atoms with Crippen molar-refractivity contribution >= 4 is 0 Å². The minimum atomic E-state index is 0.259. The molecule has 1 fully saturated rings. The molecule has 108 valence electrons. The van der Waals surface area contributed by atoms with E-state index in [1.165, 1.54) is 18.4 Å². The zero-order valence-electron chi connectivity index (χ0n) is 12.2. The maximum Gasteiger partial charge on any atom is 0.130 e. The molecule has 0 amide bonds. The second-order valence-corrected chi connectivity index (χ2v) is 5.45. The normalized spacial score (nSPS) is 15.4. The smallest absolute Gasteiger partial charge is 0.130 e. The Bertz CT molecular complexity index is 383. The van der Waals surface area contributed by atoms with Crippen LogP contribution in [0.3, 0.4) is 0 Å². The van der Waals surface area contributed by atoms with Crippen molar-refractivity contribution in [2.45, 2.75) is 58.9 Å². The van der Waals surface area contributed by atoms with E-state index in [1.54, 1.807) is 0 Å². The van der Waals surface area contributed by atoms with Crippen LogP contribution in [0.5, 0.6) is 0 Å².